The number of aromatic nitrogens is 1. The molecule has 2 heterocycles. The lowest BCUT2D eigenvalue weighted by Crippen LogP contribution is -2.46. The molecule has 1 aliphatic rings. The number of nitro benzene ring substituents is 1. The lowest BCUT2D eigenvalue weighted by Gasteiger charge is -2.37. The van der Waals surface area contributed by atoms with E-state index >= 15 is 0 Å². The summed E-state index contributed by atoms with van der Waals surface area (Å²) in [5, 5.41) is 26.6. The number of carboxylic acids is 1. The second kappa shape index (κ2) is 20.7. The lowest BCUT2D eigenvalue weighted by molar-refractivity contribution is -0.384. The van der Waals surface area contributed by atoms with Crippen molar-refractivity contribution < 1.29 is 33.7 Å². The van der Waals surface area contributed by atoms with Crippen LogP contribution in [0.2, 0.25) is 5.02 Å². The number of carboxylic acid groups (broad SMARTS) is 1. The number of nitrogens with one attached hydrogen (secondary N) is 1. The minimum atomic E-state index is -4.67. The van der Waals surface area contributed by atoms with Gasteiger partial charge < -0.3 is 34.6 Å². The second-order valence-electron chi connectivity index (χ2n) is 15.6. The number of phosphoric ester groups is 1. The van der Waals surface area contributed by atoms with Crippen molar-refractivity contribution in [2.24, 2.45) is 0 Å². The van der Waals surface area contributed by atoms with Crippen molar-refractivity contribution in [3.63, 3.8) is 0 Å². The maximum atomic E-state index is 12.8. The predicted octanol–water partition coefficient (Wildman–Crippen LogP) is 11.5. The number of halogens is 1. The first-order chi connectivity index (χ1) is 30.6. The fraction of sp³-hybridized carbons (Fsp3) is 0.255. The van der Waals surface area contributed by atoms with Gasteiger partial charge in [0.25, 0.3) is 5.69 Å². The van der Waals surface area contributed by atoms with E-state index in [2.05, 4.69) is 57.8 Å². The van der Waals surface area contributed by atoms with Crippen LogP contribution in [0, 0.1) is 17.0 Å². The smallest absolute Gasteiger partial charge is 0.469 e. The van der Waals surface area contributed by atoms with Gasteiger partial charge in [-0.1, -0.05) is 65.8 Å². The summed E-state index contributed by atoms with van der Waals surface area (Å²) in [6.07, 6.45) is 0.211. The Hall–Kier alpha value is -5.25. The quantitative estimate of drug-likeness (QED) is 0.0278. The minimum absolute atomic E-state index is 0.0200. The average molecular weight is 942 g/mol. The number of hydrogen-bond donors (Lipinski definition) is 4. The molecule has 334 valence electrons. The van der Waals surface area contributed by atoms with Crippen molar-refractivity contribution in [3.05, 3.63) is 148 Å². The minimum Gasteiger partial charge on any atom is -0.478 e. The fourth-order valence-electron chi connectivity index (χ4n) is 8.02. The highest BCUT2D eigenvalue weighted by Crippen LogP contribution is 2.43. The van der Waals surface area contributed by atoms with Crippen LogP contribution < -0.4 is 15.1 Å². The molecule has 0 unspecified atom stereocenters. The molecule has 1 aromatic heterocycles. The third-order valence-corrected chi connectivity index (χ3v) is 13.9. The number of aromatic carboxylic acids is 1. The molecule has 1 aliphatic heterocycles. The molecule has 0 radical (unpaired) electrons. The molecule has 17 heteroatoms. The lowest BCUT2D eigenvalue weighted by atomic mass is 9.96. The van der Waals surface area contributed by atoms with Crippen molar-refractivity contribution >= 4 is 71.7 Å². The van der Waals surface area contributed by atoms with Gasteiger partial charge in [0.1, 0.15) is 5.69 Å². The maximum absolute atomic E-state index is 12.8. The highest BCUT2D eigenvalue weighted by atomic mass is 35.5. The largest absolute Gasteiger partial charge is 0.478 e. The number of anilines is 3. The number of thioether (sulfide) groups is 1. The molecule has 1 fully saturated rings. The number of hydrogen-bond acceptors (Lipinski definition) is 10. The third kappa shape index (κ3) is 11.5. The monoisotopic (exact) mass is 941 g/mol. The topological polar surface area (TPSA) is 171 Å². The normalized spacial score (nSPS) is 13.6. The molecule has 64 heavy (non-hydrogen) atoms. The second-order valence-corrected chi connectivity index (χ2v) is 19.5. The van der Waals surface area contributed by atoms with E-state index in [4.69, 9.17) is 16.1 Å². The van der Waals surface area contributed by atoms with Crippen LogP contribution in [0.25, 0.3) is 22.4 Å². The number of carbonyl (C=O) groups is 1. The van der Waals surface area contributed by atoms with E-state index in [1.54, 1.807) is 6.07 Å². The highest BCUT2D eigenvalue weighted by Gasteiger charge is 2.29. The number of piperazine rings is 1. The van der Waals surface area contributed by atoms with Gasteiger partial charge in [-0.3, -0.25) is 14.6 Å². The summed E-state index contributed by atoms with van der Waals surface area (Å²) in [5.74, 6) is -0.490. The van der Waals surface area contributed by atoms with Gasteiger partial charge in [-0.25, -0.2) is 9.36 Å². The van der Waals surface area contributed by atoms with E-state index in [1.165, 1.54) is 29.6 Å². The molecule has 7 rings (SSSR count). The van der Waals surface area contributed by atoms with Crippen LogP contribution >= 0.6 is 42.9 Å². The fourth-order valence-corrected chi connectivity index (χ4v) is 10.3. The van der Waals surface area contributed by atoms with Gasteiger partial charge >= 0.3 is 13.8 Å². The van der Waals surface area contributed by atoms with Gasteiger partial charge in [0.2, 0.25) is 0 Å². The van der Waals surface area contributed by atoms with Crippen molar-refractivity contribution in [1.29, 1.82) is 0 Å². The van der Waals surface area contributed by atoms with E-state index in [9.17, 15) is 34.4 Å². The zero-order valence-electron chi connectivity index (χ0n) is 35.5. The van der Waals surface area contributed by atoms with Gasteiger partial charge in [-0.2, -0.15) is 0 Å². The van der Waals surface area contributed by atoms with Crippen LogP contribution in [0.1, 0.15) is 42.4 Å². The molecule has 0 saturated carbocycles. The maximum Gasteiger partial charge on any atom is 0.469 e. The van der Waals surface area contributed by atoms with Crippen molar-refractivity contribution in [2.75, 3.05) is 53.7 Å². The highest BCUT2D eigenvalue weighted by molar-refractivity contribution is 7.99. The van der Waals surface area contributed by atoms with Gasteiger partial charge in [-0.15, -0.1) is 11.8 Å². The van der Waals surface area contributed by atoms with Crippen LogP contribution in [0.3, 0.4) is 0 Å². The average Bonchev–Trinajstić information content (AvgIpc) is 3.59. The molecule has 13 nitrogen and oxygen atoms in total. The number of rotatable bonds is 18. The Morgan fingerprint density at radius 2 is 1.50 bits per heavy atom. The van der Waals surface area contributed by atoms with Crippen LogP contribution in [0.4, 0.5) is 22.7 Å². The van der Waals surface area contributed by atoms with Gasteiger partial charge in [0, 0.05) is 92.4 Å². The van der Waals surface area contributed by atoms with Crippen LogP contribution in [-0.4, -0.2) is 74.9 Å². The van der Waals surface area contributed by atoms with Gasteiger partial charge in [0.15, 0.2) is 0 Å². The van der Waals surface area contributed by atoms with Gasteiger partial charge in [0.05, 0.1) is 22.8 Å². The molecule has 5 aromatic carbocycles. The summed E-state index contributed by atoms with van der Waals surface area (Å²) < 4.78 is 18.1. The molecular formula is C47H49ClN5O8PS2. The van der Waals surface area contributed by atoms with Gasteiger partial charge in [-0.05, 0) is 111 Å². The number of phosphoric acid groups is 1. The Labute approximate surface area is 385 Å². The van der Waals surface area contributed by atoms with E-state index in [0.717, 1.165) is 64.2 Å². The molecule has 0 bridgehead atoms. The van der Waals surface area contributed by atoms with Crippen molar-refractivity contribution in [1.82, 2.24) is 4.57 Å². The zero-order chi connectivity index (χ0) is 45.5. The Morgan fingerprint density at radius 3 is 2.12 bits per heavy atom. The Kier molecular flexibility index (Phi) is 15.1. The summed E-state index contributed by atoms with van der Waals surface area (Å²) in [7, 11) is -4.67. The SMILES string of the molecule is Cc1c(C(=O)O)c(-c2cccc(N3CCN(c4ccc(Sc5ccc(N[C@H](CCOP(=O)(O)O)CSc6ccccc6)c([N+](=O)[O-])c5)cc4)CC3)c2)c(-c2ccc(Cl)cc2)n1C(C)C. The van der Waals surface area contributed by atoms with Crippen molar-refractivity contribution in [3.8, 4) is 22.4 Å². The summed E-state index contributed by atoms with van der Waals surface area (Å²) in [6, 6.07) is 38.1. The zero-order valence-corrected chi connectivity index (χ0v) is 38.7. The Balaban J connectivity index is 1.02. The Bertz CT molecular complexity index is 2640. The number of nitrogens with zero attached hydrogens (tertiary/aromatic N) is 4. The summed E-state index contributed by atoms with van der Waals surface area (Å²) in [4.78, 5) is 50.3. The number of nitro groups is 1. The molecular weight excluding hydrogens is 893 g/mol. The Morgan fingerprint density at radius 1 is 0.844 bits per heavy atom. The van der Waals surface area contributed by atoms with E-state index in [1.807, 2.05) is 91.9 Å². The molecule has 1 saturated heterocycles. The van der Waals surface area contributed by atoms with Crippen molar-refractivity contribution in [2.45, 2.75) is 54.0 Å². The molecule has 0 spiro atoms. The van der Waals surface area contributed by atoms with Crippen LogP contribution in [-0.2, 0) is 9.09 Å². The first-order valence-electron chi connectivity index (χ1n) is 20.7. The number of benzene rings is 5. The summed E-state index contributed by atoms with van der Waals surface area (Å²) >= 11 is 9.20. The van der Waals surface area contributed by atoms with Crippen LogP contribution in [0.5, 0.6) is 0 Å². The molecule has 0 aliphatic carbocycles. The van der Waals surface area contributed by atoms with E-state index in [0.29, 0.717) is 38.2 Å². The predicted molar refractivity (Wildman–Crippen MR) is 258 cm³/mol. The van der Waals surface area contributed by atoms with E-state index in [-0.39, 0.29) is 30.8 Å². The van der Waals surface area contributed by atoms with E-state index < -0.39 is 18.7 Å². The van der Waals surface area contributed by atoms with Crippen LogP contribution in [0.15, 0.2) is 136 Å². The first-order valence-corrected chi connectivity index (χ1v) is 24.4. The summed E-state index contributed by atoms with van der Waals surface area (Å²) in [6.45, 7) is 8.82. The summed E-state index contributed by atoms with van der Waals surface area (Å²) in [5.41, 5.74) is 6.53. The molecule has 6 aromatic rings. The standard InChI is InChI=1S/C47H49ClN5O8PS2/c1-31(2)52-32(3)44(47(54)55)45(46(52)33-12-14-35(48)15-13-33)34-8-7-9-38(28-34)51-25-23-50(24-26-51)37-16-18-40(19-17-37)64-41-20-21-42(43(29-41)53(56)57)49-36(22-27-61-62(58,59)60)30-63-39-10-5-4-6-11-39/h4-21,28-29,31,36,49H,22-27,30H2,1-3H3,(H,54,55)(H2,58,59,60)/t36-/m1/s1. The molecule has 4 N–H and O–H groups in total. The third-order valence-electron chi connectivity index (χ3n) is 11.0. The molecule has 0 amide bonds. The first kappa shape index (κ1) is 46.7. The molecule has 1 atom stereocenters.